The number of hydrogen-bond acceptors (Lipinski definition) is 1. The monoisotopic (exact) mass is 246 g/mol. The molecule has 14 heavy (non-hydrogen) atoms. The van der Waals surface area contributed by atoms with E-state index in [4.69, 9.17) is 5.26 Å². The molecule has 2 aromatic rings. The number of nitrogens with one attached hydrogen (secondary N) is 1. The summed E-state index contributed by atoms with van der Waals surface area (Å²) in [5.74, 6) is 0. The molecular formula is C11H7BrN2. The molecule has 0 aliphatic heterocycles. The average molecular weight is 247 g/mol. The van der Waals surface area contributed by atoms with E-state index in [1.807, 2.05) is 30.5 Å². The Balaban J connectivity index is 2.62. The lowest BCUT2D eigenvalue weighted by molar-refractivity contribution is 1.47. The first-order valence-electron chi connectivity index (χ1n) is 4.14. The molecule has 2 rings (SSSR count). The molecule has 0 bridgehead atoms. The van der Waals surface area contributed by atoms with E-state index in [0.717, 1.165) is 20.9 Å². The second kappa shape index (κ2) is 3.69. The van der Waals surface area contributed by atoms with Gasteiger partial charge in [-0.2, -0.15) is 5.26 Å². The van der Waals surface area contributed by atoms with E-state index in [-0.39, 0.29) is 0 Å². The zero-order chi connectivity index (χ0) is 9.97. The molecule has 0 aliphatic carbocycles. The van der Waals surface area contributed by atoms with Gasteiger partial charge in [-0.25, -0.2) is 0 Å². The molecule has 1 aromatic carbocycles. The van der Waals surface area contributed by atoms with Crippen LogP contribution in [0.4, 0.5) is 0 Å². The third-order valence-electron chi connectivity index (χ3n) is 2.01. The van der Waals surface area contributed by atoms with Gasteiger partial charge < -0.3 is 4.98 Å². The lowest BCUT2D eigenvalue weighted by atomic mass is 10.2. The normalized spacial score (nSPS) is 10.9. The van der Waals surface area contributed by atoms with Crippen molar-refractivity contribution in [1.82, 2.24) is 4.98 Å². The molecule has 1 N–H and O–H groups in total. The largest absolute Gasteiger partial charge is 0.361 e. The van der Waals surface area contributed by atoms with Crippen molar-refractivity contribution >= 4 is 32.9 Å². The summed E-state index contributed by atoms with van der Waals surface area (Å²) in [4.78, 5) is 3.14. The highest BCUT2D eigenvalue weighted by molar-refractivity contribution is 9.10. The minimum atomic E-state index is 1.03. The Bertz CT molecular complexity index is 532. The number of nitriles is 1. The van der Waals surface area contributed by atoms with E-state index in [2.05, 4.69) is 20.9 Å². The van der Waals surface area contributed by atoms with Crippen LogP contribution in [0.3, 0.4) is 0 Å². The van der Waals surface area contributed by atoms with Gasteiger partial charge in [-0.15, -0.1) is 0 Å². The molecule has 3 heteroatoms. The average Bonchev–Trinajstić information content (AvgIpc) is 2.57. The number of aromatic amines is 1. The first-order valence-corrected chi connectivity index (χ1v) is 4.93. The summed E-state index contributed by atoms with van der Waals surface area (Å²) in [6.07, 6.45) is 5.17. The minimum Gasteiger partial charge on any atom is -0.361 e. The second-order valence-corrected chi connectivity index (χ2v) is 3.81. The van der Waals surface area contributed by atoms with Crippen LogP contribution in [0.25, 0.3) is 17.0 Å². The Kier molecular flexibility index (Phi) is 2.38. The fourth-order valence-electron chi connectivity index (χ4n) is 1.38. The lowest BCUT2D eigenvalue weighted by Gasteiger charge is -1.92. The molecule has 1 aromatic heterocycles. The number of aromatic nitrogens is 1. The van der Waals surface area contributed by atoms with Gasteiger partial charge in [-0.3, -0.25) is 0 Å². The van der Waals surface area contributed by atoms with Gasteiger partial charge in [0.05, 0.1) is 6.07 Å². The molecule has 1 heterocycles. The van der Waals surface area contributed by atoms with Gasteiger partial charge in [-0.1, -0.05) is 15.9 Å². The Morgan fingerprint density at radius 2 is 2.29 bits per heavy atom. The summed E-state index contributed by atoms with van der Waals surface area (Å²) in [6.45, 7) is 0. The third kappa shape index (κ3) is 1.57. The SMILES string of the molecule is N#CC=Cc1c[nH]c2ccc(Br)cc12. The van der Waals surface area contributed by atoms with Gasteiger partial charge in [0.2, 0.25) is 0 Å². The van der Waals surface area contributed by atoms with E-state index < -0.39 is 0 Å². The van der Waals surface area contributed by atoms with E-state index in [0.29, 0.717) is 0 Å². The van der Waals surface area contributed by atoms with Crippen LogP contribution in [0.5, 0.6) is 0 Å². The molecule has 0 saturated heterocycles. The summed E-state index contributed by atoms with van der Waals surface area (Å²) < 4.78 is 1.04. The highest BCUT2D eigenvalue weighted by atomic mass is 79.9. The van der Waals surface area contributed by atoms with Gasteiger partial charge in [-0.05, 0) is 24.3 Å². The van der Waals surface area contributed by atoms with Crippen molar-refractivity contribution in [2.45, 2.75) is 0 Å². The molecule has 0 atom stereocenters. The van der Waals surface area contributed by atoms with Crippen molar-refractivity contribution in [3.05, 3.63) is 40.5 Å². The van der Waals surface area contributed by atoms with Crippen LogP contribution in [0.15, 0.2) is 34.9 Å². The molecule has 0 aliphatic rings. The van der Waals surface area contributed by atoms with Gasteiger partial charge >= 0.3 is 0 Å². The van der Waals surface area contributed by atoms with E-state index in [9.17, 15) is 0 Å². The number of nitrogens with zero attached hydrogens (tertiary/aromatic N) is 1. The first-order chi connectivity index (χ1) is 6.81. The maximum atomic E-state index is 8.44. The number of benzene rings is 1. The summed E-state index contributed by atoms with van der Waals surface area (Å²) in [7, 11) is 0. The lowest BCUT2D eigenvalue weighted by Crippen LogP contribution is -1.69. The number of halogens is 1. The maximum absolute atomic E-state index is 8.44. The fourth-order valence-corrected chi connectivity index (χ4v) is 1.74. The number of H-pyrrole nitrogens is 1. The molecular weight excluding hydrogens is 240 g/mol. The van der Waals surface area contributed by atoms with Gasteiger partial charge in [0.15, 0.2) is 0 Å². The third-order valence-corrected chi connectivity index (χ3v) is 2.51. The zero-order valence-corrected chi connectivity index (χ0v) is 8.88. The molecule has 0 unspecified atom stereocenters. The minimum absolute atomic E-state index is 1.03. The Morgan fingerprint density at radius 3 is 3.07 bits per heavy atom. The van der Waals surface area contributed by atoms with Crippen LogP contribution in [-0.2, 0) is 0 Å². The van der Waals surface area contributed by atoms with Gasteiger partial charge in [0.1, 0.15) is 0 Å². The number of allylic oxidation sites excluding steroid dienone is 1. The predicted octanol–water partition coefficient (Wildman–Crippen LogP) is 3.47. The summed E-state index contributed by atoms with van der Waals surface area (Å²) in [5, 5.41) is 9.55. The molecule has 68 valence electrons. The predicted molar refractivity (Wildman–Crippen MR) is 60.6 cm³/mol. The first kappa shape index (κ1) is 9.04. The van der Waals surface area contributed by atoms with Crippen molar-refractivity contribution < 1.29 is 0 Å². The Hall–Kier alpha value is -1.53. The Morgan fingerprint density at radius 1 is 1.43 bits per heavy atom. The van der Waals surface area contributed by atoms with E-state index >= 15 is 0 Å². The van der Waals surface area contributed by atoms with E-state index in [1.54, 1.807) is 6.08 Å². The van der Waals surface area contributed by atoms with Crippen LogP contribution in [-0.4, -0.2) is 4.98 Å². The van der Waals surface area contributed by atoms with Crippen molar-refractivity contribution in [1.29, 1.82) is 5.26 Å². The summed E-state index contributed by atoms with van der Waals surface area (Å²) >= 11 is 3.42. The van der Waals surface area contributed by atoms with Crippen molar-refractivity contribution in [3.63, 3.8) is 0 Å². The molecule has 2 nitrogen and oxygen atoms in total. The smallest absolute Gasteiger partial charge is 0.0912 e. The standard InChI is InChI=1S/C11H7BrN2/c12-9-3-4-11-10(6-9)8(7-14-11)2-1-5-13/h1-4,6-7,14H. The van der Waals surface area contributed by atoms with Crippen LogP contribution < -0.4 is 0 Å². The number of fused-ring (bicyclic) bond motifs is 1. The van der Waals surface area contributed by atoms with Crippen molar-refractivity contribution in [2.24, 2.45) is 0 Å². The topological polar surface area (TPSA) is 39.6 Å². The van der Waals surface area contributed by atoms with Crippen LogP contribution in [0.1, 0.15) is 5.56 Å². The molecule has 0 spiro atoms. The maximum Gasteiger partial charge on any atom is 0.0912 e. The van der Waals surface area contributed by atoms with Crippen molar-refractivity contribution in [2.75, 3.05) is 0 Å². The highest BCUT2D eigenvalue weighted by Gasteiger charge is 2.00. The van der Waals surface area contributed by atoms with Crippen LogP contribution >= 0.6 is 15.9 Å². The molecule has 0 radical (unpaired) electrons. The van der Waals surface area contributed by atoms with Gasteiger partial charge in [0, 0.05) is 33.2 Å². The Labute approximate surface area is 90.0 Å². The van der Waals surface area contributed by atoms with Gasteiger partial charge in [0.25, 0.3) is 0 Å². The molecule has 0 amide bonds. The molecule has 0 saturated carbocycles. The highest BCUT2D eigenvalue weighted by Crippen LogP contribution is 2.23. The van der Waals surface area contributed by atoms with Crippen molar-refractivity contribution in [3.8, 4) is 6.07 Å². The second-order valence-electron chi connectivity index (χ2n) is 2.90. The quantitative estimate of drug-likeness (QED) is 0.770. The van der Waals surface area contributed by atoms with E-state index in [1.165, 1.54) is 6.08 Å². The van der Waals surface area contributed by atoms with Crippen LogP contribution in [0, 0.1) is 11.3 Å². The summed E-state index contributed by atoms with van der Waals surface area (Å²) in [5.41, 5.74) is 2.11. The summed E-state index contributed by atoms with van der Waals surface area (Å²) in [6, 6.07) is 8.00. The van der Waals surface area contributed by atoms with Crippen LogP contribution in [0.2, 0.25) is 0 Å². The number of rotatable bonds is 1. The zero-order valence-electron chi connectivity index (χ0n) is 7.29. The number of hydrogen-bond donors (Lipinski definition) is 1. The molecule has 0 fully saturated rings. The fraction of sp³-hybridized carbons (Fsp3) is 0.